The topological polar surface area (TPSA) is 36.9 Å². The van der Waals surface area contributed by atoms with E-state index in [1.807, 2.05) is 25.1 Å². The molecule has 0 saturated heterocycles. The Hall–Kier alpha value is -1.26. The fourth-order valence-electron chi connectivity index (χ4n) is 1.30. The molecule has 0 fully saturated rings. The number of hydrogen-bond acceptors (Lipinski definition) is 4. The zero-order chi connectivity index (χ0) is 12.5. The van der Waals surface area contributed by atoms with Gasteiger partial charge in [0.1, 0.15) is 24.7 Å². The molecule has 0 amide bonds. The molecule has 0 aliphatic carbocycles. The maximum absolute atomic E-state index is 5.59. The van der Waals surface area contributed by atoms with E-state index in [-0.39, 0.29) is 0 Å². The molecule has 0 bridgehead atoms. The van der Waals surface area contributed by atoms with Crippen LogP contribution in [-0.2, 0) is 9.47 Å². The van der Waals surface area contributed by atoms with Crippen molar-refractivity contribution in [2.24, 2.45) is 0 Å². The van der Waals surface area contributed by atoms with Gasteiger partial charge < -0.3 is 18.9 Å². The highest BCUT2D eigenvalue weighted by atomic mass is 16.5. The molecule has 96 valence electrons. The van der Waals surface area contributed by atoms with Gasteiger partial charge in [-0.25, -0.2) is 0 Å². The number of rotatable bonds is 8. The zero-order valence-electron chi connectivity index (χ0n) is 10.7. The van der Waals surface area contributed by atoms with Gasteiger partial charge in [0, 0.05) is 20.3 Å². The molecular formula is C13H20O4. The third-order valence-corrected chi connectivity index (χ3v) is 2.26. The van der Waals surface area contributed by atoms with Crippen molar-refractivity contribution in [1.82, 2.24) is 0 Å². The SMILES string of the molecule is COCCOc1ccc(C)c(OCCOC)c1. The Kier molecular flexibility index (Phi) is 6.43. The maximum atomic E-state index is 5.59. The molecule has 4 heteroatoms. The lowest BCUT2D eigenvalue weighted by Gasteiger charge is -2.11. The molecule has 0 aliphatic heterocycles. The van der Waals surface area contributed by atoms with E-state index >= 15 is 0 Å². The van der Waals surface area contributed by atoms with Crippen LogP contribution in [-0.4, -0.2) is 40.6 Å². The quantitative estimate of drug-likeness (QED) is 0.652. The second-order valence-electron chi connectivity index (χ2n) is 3.61. The van der Waals surface area contributed by atoms with Gasteiger partial charge in [-0.1, -0.05) is 6.07 Å². The normalized spacial score (nSPS) is 10.3. The van der Waals surface area contributed by atoms with Crippen LogP contribution in [0.5, 0.6) is 11.5 Å². The number of methoxy groups -OCH3 is 2. The molecule has 1 rings (SSSR count). The summed E-state index contributed by atoms with van der Waals surface area (Å²) in [5, 5.41) is 0. The van der Waals surface area contributed by atoms with Gasteiger partial charge in [-0.2, -0.15) is 0 Å². The van der Waals surface area contributed by atoms with Crippen molar-refractivity contribution in [3.8, 4) is 11.5 Å². The summed E-state index contributed by atoms with van der Waals surface area (Å²) in [5.41, 5.74) is 1.08. The van der Waals surface area contributed by atoms with Gasteiger partial charge >= 0.3 is 0 Å². The van der Waals surface area contributed by atoms with E-state index in [9.17, 15) is 0 Å². The number of ether oxygens (including phenoxy) is 4. The Morgan fingerprint density at radius 3 is 2.18 bits per heavy atom. The summed E-state index contributed by atoms with van der Waals surface area (Å²) >= 11 is 0. The molecule has 17 heavy (non-hydrogen) atoms. The predicted octanol–water partition coefficient (Wildman–Crippen LogP) is 2.05. The molecule has 0 unspecified atom stereocenters. The summed E-state index contributed by atoms with van der Waals surface area (Å²) in [6.07, 6.45) is 0. The zero-order valence-corrected chi connectivity index (χ0v) is 10.7. The molecule has 0 spiro atoms. The molecule has 1 aromatic rings. The summed E-state index contributed by atoms with van der Waals surface area (Å²) in [5.74, 6) is 1.62. The van der Waals surface area contributed by atoms with E-state index in [1.54, 1.807) is 14.2 Å². The Balaban J connectivity index is 2.53. The minimum atomic E-state index is 0.539. The van der Waals surface area contributed by atoms with Crippen LogP contribution < -0.4 is 9.47 Å². The maximum Gasteiger partial charge on any atom is 0.126 e. The predicted molar refractivity (Wildman–Crippen MR) is 65.9 cm³/mol. The fraction of sp³-hybridized carbons (Fsp3) is 0.538. The molecule has 0 heterocycles. The van der Waals surface area contributed by atoms with Gasteiger partial charge in [-0.15, -0.1) is 0 Å². The number of benzene rings is 1. The van der Waals surface area contributed by atoms with E-state index in [2.05, 4.69) is 0 Å². The van der Waals surface area contributed by atoms with Crippen LogP contribution in [0.1, 0.15) is 5.56 Å². The smallest absolute Gasteiger partial charge is 0.126 e. The van der Waals surface area contributed by atoms with Gasteiger partial charge in [0.15, 0.2) is 0 Å². The Labute approximate surface area is 102 Å². The summed E-state index contributed by atoms with van der Waals surface area (Å²) < 4.78 is 21.0. The lowest BCUT2D eigenvalue weighted by Crippen LogP contribution is -2.07. The lowest BCUT2D eigenvalue weighted by molar-refractivity contribution is 0.142. The molecule has 0 N–H and O–H groups in total. The van der Waals surface area contributed by atoms with Crippen molar-refractivity contribution in [3.63, 3.8) is 0 Å². The molecule has 0 aromatic heterocycles. The highest BCUT2D eigenvalue weighted by molar-refractivity contribution is 5.39. The van der Waals surface area contributed by atoms with Crippen LogP contribution in [0.2, 0.25) is 0 Å². The Bertz CT molecular complexity index is 325. The second kappa shape index (κ2) is 7.92. The molecular weight excluding hydrogens is 220 g/mol. The van der Waals surface area contributed by atoms with Gasteiger partial charge in [-0.05, 0) is 18.6 Å². The minimum absolute atomic E-state index is 0.539. The third-order valence-electron chi connectivity index (χ3n) is 2.26. The Morgan fingerprint density at radius 1 is 0.882 bits per heavy atom. The van der Waals surface area contributed by atoms with Gasteiger partial charge in [0.05, 0.1) is 13.2 Å². The van der Waals surface area contributed by atoms with E-state index in [0.29, 0.717) is 26.4 Å². The lowest BCUT2D eigenvalue weighted by atomic mass is 10.2. The fourth-order valence-corrected chi connectivity index (χ4v) is 1.30. The van der Waals surface area contributed by atoms with Crippen molar-refractivity contribution in [2.45, 2.75) is 6.92 Å². The van der Waals surface area contributed by atoms with E-state index in [1.165, 1.54) is 0 Å². The van der Waals surface area contributed by atoms with Crippen LogP contribution in [0.3, 0.4) is 0 Å². The largest absolute Gasteiger partial charge is 0.491 e. The summed E-state index contributed by atoms with van der Waals surface area (Å²) in [7, 11) is 3.30. The van der Waals surface area contributed by atoms with Gasteiger partial charge in [0.25, 0.3) is 0 Å². The van der Waals surface area contributed by atoms with Crippen LogP contribution in [0.4, 0.5) is 0 Å². The summed E-state index contributed by atoms with van der Waals surface area (Å²) in [6.45, 7) is 4.24. The van der Waals surface area contributed by atoms with Crippen molar-refractivity contribution < 1.29 is 18.9 Å². The first-order valence-corrected chi connectivity index (χ1v) is 5.62. The molecule has 0 atom stereocenters. The van der Waals surface area contributed by atoms with E-state index in [0.717, 1.165) is 17.1 Å². The van der Waals surface area contributed by atoms with E-state index < -0.39 is 0 Å². The van der Waals surface area contributed by atoms with Crippen LogP contribution in [0, 0.1) is 6.92 Å². The average Bonchev–Trinajstić information content (AvgIpc) is 2.33. The first-order valence-electron chi connectivity index (χ1n) is 5.62. The average molecular weight is 240 g/mol. The Morgan fingerprint density at radius 2 is 1.53 bits per heavy atom. The molecule has 4 nitrogen and oxygen atoms in total. The first kappa shape index (κ1) is 13.8. The highest BCUT2D eigenvalue weighted by Crippen LogP contribution is 2.24. The van der Waals surface area contributed by atoms with E-state index in [4.69, 9.17) is 18.9 Å². The van der Waals surface area contributed by atoms with Crippen molar-refractivity contribution in [3.05, 3.63) is 23.8 Å². The van der Waals surface area contributed by atoms with Gasteiger partial charge in [-0.3, -0.25) is 0 Å². The summed E-state index contributed by atoms with van der Waals surface area (Å²) in [4.78, 5) is 0. The van der Waals surface area contributed by atoms with Crippen LogP contribution in [0.15, 0.2) is 18.2 Å². The van der Waals surface area contributed by atoms with Gasteiger partial charge in [0.2, 0.25) is 0 Å². The van der Waals surface area contributed by atoms with Crippen molar-refractivity contribution in [1.29, 1.82) is 0 Å². The molecule has 0 aliphatic rings. The molecule has 0 radical (unpaired) electrons. The molecule has 1 aromatic carbocycles. The molecule has 0 saturated carbocycles. The first-order chi connectivity index (χ1) is 8.27. The standard InChI is InChI=1S/C13H20O4/c1-11-4-5-12(16-8-6-14-2)10-13(11)17-9-7-15-3/h4-5,10H,6-9H2,1-3H3. The second-order valence-corrected chi connectivity index (χ2v) is 3.61. The number of hydrogen-bond donors (Lipinski definition) is 0. The highest BCUT2D eigenvalue weighted by Gasteiger charge is 2.02. The number of aryl methyl sites for hydroxylation is 1. The monoisotopic (exact) mass is 240 g/mol. The minimum Gasteiger partial charge on any atom is -0.491 e. The van der Waals surface area contributed by atoms with Crippen LogP contribution in [0.25, 0.3) is 0 Å². The van der Waals surface area contributed by atoms with Crippen molar-refractivity contribution >= 4 is 0 Å². The summed E-state index contributed by atoms with van der Waals surface area (Å²) in [6, 6.07) is 5.79. The third kappa shape index (κ3) is 5.06. The van der Waals surface area contributed by atoms with Crippen molar-refractivity contribution in [2.75, 3.05) is 40.6 Å². The van der Waals surface area contributed by atoms with Crippen LogP contribution >= 0.6 is 0 Å².